The number of halogens is 2. The first-order valence-electron chi connectivity index (χ1n) is 12.4. The highest BCUT2D eigenvalue weighted by molar-refractivity contribution is 5.96. The van der Waals surface area contributed by atoms with Crippen LogP contribution in [0.2, 0.25) is 0 Å². The third-order valence-electron chi connectivity index (χ3n) is 4.92. The van der Waals surface area contributed by atoms with Gasteiger partial charge in [0.25, 0.3) is 11.8 Å². The van der Waals surface area contributed by atoms with Gasteiger partial charge in [-0.15, -0.1) is 0 Å². The third kappa shape index (κ3) is 11.0. The number of aryl methyl sites for hydroxylation is 1. The second-order valence-electron chi connectivity index (χ2n) is 9.75. The van der Waals surface area contributed by atoms with Crippen molar-refractivity contribution in [1.82, 2.24) is 26.4 Å². The molecule has 0 atom stereocenters. The number of rotatable bonds is 8. The number of carbonyl (C=O) groups excluding carboxylic acids is 4. The Morgan fingerprint density at radius 3 is 2.12 bits per heavy atom. The van der Waals surface area contributed by atoms with Crippen molar-refractivity contribution in [2.45, 2.75) is 40.2 Å². The predicted octanol–water partition coefficient (Wildman–Crippen LogP) is 3.13. The standard InChI is InChI=1S/C22H20F2N4O4.C6H13NO/c1-13-9-19(28-32-13)22(31)27-12-20(29)25-7-8-26-21(30)17-11-15(5-6-18(17)24)14-3-2-4-16(23)10-14;1-5(8)7-6(2,3)4/h2-6,9-11H,7-8,12H2,1H3,(H,25,29)(H,26,30)(H,27,31);1-4H3,(H,7,8). The summed E-state index contributed by atoms with van der Waals surface area (Å²) >= 11 is 0. The Balaban J connectivity index is 0.000000611. The number of nitrogens with zero attached hydrogens (tertiary/aromatic N) is 1. The molecule has 1 aromatic heterocycles. The van der Waals surface area contributed by atoms with E-state index in [9.17, 15) is 28.0 Å². The summed E-state index contributed by atoms with van der Waals surface area (Å²) in [4.78, 5) is 46.3. The number of carbonyl (C=O) groups is 4. The van der Waals surface area contributed by atoms with Gasteiger partial charge < -0.3 is 25.8 Å². The molecule has 0 unspecified atom stereocenters. The fourth-order valence-corrected chi connectivity index (χ4v) is 3.34. The summed E-state index contributed by atoms with van der Waals surface area (Å²) < 4.78 is 32.3. The average Bonchev–Trinajstić information content (AvgIpc) is 3.30. The zero-order valence-electron chi connectivity index (χ0n) is 23.0. The van der Waals surface area contributed by atoms with Crippen LogP contribution in [0.15, 0.2) is 53.1 Å². The molecule has 0 bridgehead atoms. The third-order valence-corrected chi connectivity index (χ3v) is 4.92. The average molecular weight is 558 g/mol. The zero-order valence-corrected chi connectivity index (χ0v) is 23.0. The first kappa shape index (κ1) is 31.6. The fraction of sp³-hybridized carbons (Fsp3) is 0.321. The van der Waals surface area contributed by atoms with E-state index in [-0.39, 0.29) is 42.3 Å². The SMILES string of the molecule is CC(=O)NC(C)(C)C.Cc1cc(C(=O)NCC(=O)NCCNC(=O)c2cc(-c3cccc(F)c3)ccc2F)no1. The van der Waals surface area contributed by atoms with E-state index in [1.807, 2.05) is 20.8 Å². The Hall–Kier alpha value is -4.61. The molecule has 0 saturated heterocycles. The highest BCUT2D eigenvalue weighted by Gasteiger charge is 2.14. The maximum atomic E-state index is 14.1. The Morgan fingerprint density at radius 1 is 0.875 bits per heavy atom. The Labute approximate surface area is 230 Å². The Bertz CT molecular complexity index is 1350. The van der Waals surface area contributed by atoms with Gasteiger partial charge in [0.1, 0.15) is 17.4 Å². The molecule has 3 rings (SSSR count). The van der Waals surface area contributed by atoms with Crippen LogP contribution < -0.4 is 21.3 Å². The van der Waals surface area contributed by atoms with E-state index in [0.29, 0.717) is 16.9 Å². The highest BCUT2D eigenvalue weighted by atomic mass is 19.1. The summed E-state index contributed by atoms with van der Waals surface area (Å²) in [5.41, 5.74) is 0.779. The lowest BCUT2D eigenvalue weighted by molar-refractivity contribution is -0.121. The van der Waals surface area contributed by atoms with Crippen molar-refractivity contribution in [1.29, 1.82) is 0 Å². The van der Waals surface area contributed by atoms with Gasteiger partial charge in [-0.05, 0) is 63.1 Å². The number of amides is 4. The van der Waals surface area contributed by atoms with Crippen LogP contribution in [0.1, 0.15) is 54.3 Å². The van der Waals surface area contributed by atoms with Crippen LogP contribution in [0.5, 0.6) is 0 Å². The van der Waals surface area contributed by atoms with Crippen LogP contribution in [0.4, 0.5) is 8.78 Å². The van der Waals surface area contributed by atoms with Crippen molar-refractivity contribution in [3.05, 3.63) is 77.2 Å². The molecule has 4 N–H and O–H groups in total. The predicted molar refractivity (Wildman–Crippen MR) is 144 cm³/mol. The molecule has 40 heavy (non-hydrogen) atoms. The molecule has 0 fully saturated rings. The van der Waals surface area contributed by atoms with Gasteiger partial charge in [0.05, 0.1) is 12.1 Å². The molecule has 0 aliphatic rings. The molecule has 214 valence electrons. The number of benzene rings is 2. The molecule has 4 amide bonds. The molecular formula is C28H33F2N5O5. The summed E-state index contributed by atoms with van der Waals surface area (Å²) in [5.74, 6) is -2.39. The van der Waals surface area contributed by atoms with E-state index in [1.165, 1.54) is 43.3 Å². The first-order chi connectivity index (χ1) is 18.7. The minimum atomic E-state index is -0.725. The highest BCUT2D eigenvalue weighted by Crippen LogP contribution is 2.23. The number of hydrogen-bond donors (Lipinski definition) is 4. The van der Waals surface area contributed by atoms with Gasteiger partial charge in [0, 0.05) is 31.6 Å². The van der Waals surface area contributed by atoms with Crippen molar-refractivity contribution in [3.8, 4) is 11.1 Å². The molecule has 12 heteroatoms. The lowest BCUT2D eigenvalue weighted by atomic mass is 10.0. The van der Waals surface area contributed by atoms with Gasteiger partial charge >= 0.3 is 0 Å². The molecule has 3 aromatic rings. The fourth-order valence-electron chi connectivity index (χ4n) is 3.34. The number of aromatic nitrogens is 1. The minimum absolute atomic E-state index is 0.0255. The van der Waals surface area contributed by atoms with Gasteiger partial charge in [-0.25, -0.2) is 8.78 Å². The number of nitrogens with one attached hydrogen (secondary N) is 4. The second kappa shape index (κ2) is 14.5. The molecular weight excluding hydrogens is 524 g/mol. The second-order valence-corrected chi connectivity index (χ2v) is 9.75. The minimum Gasteiger partial charge on any atom is -0.361 e. The van der Waals surface area contributed by atoms with E-state index >= 15 is 0 Å². The van der Waals surface area contributed by atoms with Gasteiger partial charge in [0.15, 0.2) is 5.69 Å². The first-order valence-corrected chi connectivity index (χ1v) is 12.4. The Morgan fingerprint density at radius 2 is 1.55 bits per heavy atom. The van der Waals surface area contributed by atoms with E-state index in [1.54, 1.807) is 13.0 Å². The van der Waals surface area contributed by atoms with Gasteiger partial charge in [0.2, 0.25) is 11.8 Å². The van der Waals surface area contributed by atoms with Crippen molar-refractivity contribution >= 4 is 23.6 Å². The van der Waals surface area contributed by atoms with Crippen molar-refractivity contribution in [2.24, 2.45) is 0 Å². The van der Waals surface area contributed by atoms with Gasteiger partial charge in [-0.2, -0.15) is 0 Å². The molecule has 0 saturated carbocycles. The van der Waals surface area contributed by atoms with Crippen LogP contribution >= 0.6 is 0 Å². The molecule has 0 radical (unpaired) electrons. The van der Waals surface area contributed by atoms with Crippen LogP contribution in [0.3, 0.4) is 0 Å². The van der Waals surface area contributed by atoms with Crippen LogP contribution in [-0.4, -0.2) is 54.0 Å². The van der Waals surface area contributed by atoms with Gasteiger partial charge in [-0.1, -0.05) is 23.4 Å². The summed E-state index contributed by atoms with van der Waals surface area (Å²) in [6.45, 7) is 8.82. The van der Waals surface area contributed by atoms with E-state index < -0.39 is 29.4 Å². The summed E-state index contributed by atoms with van der Waals surface area (Å²) in [6.07, 6.45) is 0. The van der Waals surface area contributed by atoms with E-state index in [0.717, 1.165) is 6.07 Å². The monoisotopic (exact) mass is 557 g/mol. The van der Waals surface area contributed by atoms with E-state index in [2.05, 4.69) is 26.4 Å². The van der Waals surface area contributed by atoms with Crippen LogP contribution in [-0.2, 0) is 9.59 Å². The molecule has 0 aliphatic carbocycles. The lowest BCUT2D eigenvalue weighted by Gasteiger charge is -2.18. The zero-order chi connectivity index (χ0) is 29.9. The summed E-state index contributed by atoms with van der Waals surface area (Å²) in [6, 6.07) is 11.1. The molecule has 1 heterocycles. The molecule has 0 aliphatic heterocycles. The Kier molecular flexibility index (Phi) is 11.5. The molecule has 2 aromatic carbocycles. The van der Waals surface area contributed by atoms with Crippen molar-refractivity contribution < 1.29 is 32.5 Å². The van der Waals surface area contributed by atoms with Crippen molar-refractivity contribution in [2.75, 3.05) is 19.6 Å². The molecule has 10 nitrogen and oxygen atoms in total. The maximum Gasteiger partial charge on any atom is 0.273 e. The van der Waals surface area contributed by atoms with Gasteiger partial charge in [-0.3, -0.25) is 19.2 Å². The van der Waals surface area contributed by atoms with E-state index in [4.69, 9.17) is 4.52 Å². The topological polar surface area (TPSA) is 142 Å². The lowest BCUT2D eigenvalue weighted by Crippen LogP contribution is -2.40. The number of hydrogen-bond acceptors (Lipinski definition) is 6. The smallest absolute Gasteiger partial charge is 0.273 e. The largest absolute Gasteiger partial charge is 0.361 e. The molecule has 0 spiro atoms. The van der Waals surface area contributed by atoms with Crippen molar-refractivity contribution in [3.63, 3.8) is 0 Å². The normalized spacial score (nSPS) is 10.6. The summed E-state index contributed by atoms with van der Waals surface area (Å²) in [5, 5.41) is 13.7. The van der Waals surface area contributed by atoms with Crippen LogP contribution in [0, 0.1) is 18.6 Å². The van der Waals surface area contributed by atoms with Crippen LogP contribution in [0.25, 0.3) is 11.1 Å². The quantitative estimate of drug-likeness (QED) is 0.314. The summed E-state index contributed by atoms with van der Waals surface area (Å²) in [7, 11) is 0. The maximum absolute atomic E-state index is 14.1.